The Morgan fingerprint density at radius 3 is 1.18 bits per heavy atom. The molecule has 0 aromatic heterocycles. The molecule has 8 nitrogen and oxygen atoms in total. The van der Waals surface area contributed by atoms with E-state index in [1.165, 1.54) is 231 Å². The zero-order chi connectivity index (χ0) is 48.5. The van der Waals surface area contributed by atoms with Crippen molar-refractivity contribution in [3.8, 4) is 0 Å². The summed E-state index contributed by atoms with van der Waals surface area (Å²) >= 11 is 0. The monoisotopic (exact) mass is 955 g/mol. The van der Waals surface area contributed by atoms with Crippen LogP contribution < -0.4 is 10.2 Å². The predicted octanol–water partition coefficient (Wildman–Crippen LogP) is 16.8. The lowest BCUT2D eigenvalue weighted by atomic mass is 10.0. The second-order valence-corrected chi connectivity index (χ2v) is 22.8. The largest absolute Gasteiger partial charge is 0.756 e. The summed E-state index contributed by atoms with van der Waals surface area (Å²) in [6.45, 7) is 4.76. The normalized spacial score (nSPS) is 14.0. The van der Waals surface area contributed by atoms with Crippen LogP contribution in [0.15, 0.2) is 12.2 Å². The number of phosphoric ester groups is 1. The molecule has 0 aliphatic rings. The molecule has 0 aromatic carbocycles. The molecule has 0 rings (SSSR count). The Hall–Kier alpha value is -0.760. The Labute approximate surface area is 412 Å². The van der Waals surface area contributed by atoms with Crippen LogP contribution in [0.3, 0.4) is 0 Å². The Kier molecular flexibility index (Phi) is 48.7. The number of phosphoric acid groups is 1. The van der Waals surface area contributed by atoms with E-state index in [9.17, 15) is 19.4 Å². The average Bonchev–Trinajstić information content (AvgIpc) is 3.28. The molecule has 1 amide bonds. The average molecular weight is 956 g/mol. The van der Waals surface area contributed by atoms with E-state index in [1.807, 2.05) is 21.1 Å². The molecule has 3 unspecified atom stereocenters. The molecule has 0 aliphatic carbocycles. The van der Waals surface area contributed by atoms with Gasteiger partial charge < -0.3 is 28.8 Å². The molecule has 66 heavy (non-hydrogen) atoms. The van der Waals surface area contributed by atoms with Crippen molar-refractivity contribution in [1.82, 2.24) is 5.32 Å². The first kappa shape index (κ1) is 65.2. The molecule has 0 fully saturated rings. The van der Waals surface area contributed by atoms with Gasteiger partial charge in [-0.2, -0.15) is 0 Å². The summed E-state index contributed by atoms with van der Waals surface area (Å²) in [5.74, 6) is -0.159. The molecular formula is C57H115N2O6P. The number of unbranched alkanes of at least 4 members (excludes halogenated alkanes) is 39. The third-order valence-corrected chi connectivity index (χ3v) is 14.5. The number of quaternary nitrogens is 1. The fourth-order valence-electron chi connectivity index (χ4n) is 8.92. The summed E-state index contributed by atoms with van der Waals surface area (Å²) < 4.78 is 23.4. The minimum absolute atomic E-state index is 0.0153. The first-order valence-electron chi connectivity index (χ1n) is 29.0. The fourth-order valence-corrected chi connectivity index (χ4v) is 9.64. The summed E-state index contributed by atoms with van der Waals surface area (Å²) in [5, 5.41) is 14.0. The van der Waals surface area contributed by atoms with E-state index in [0.29, 0.717) is 23.9 Å². The predicted molar refractivity (Wildman–Crippen MR) is 284 cm³/mol. The zero-order valence-corrected chi connectivity index (χ0v) is 45.8. The number of aliphatic hydroxyl groups is 1. The minimum Gasteiger partial charge on any atom is -0.756 e. The van der Waals surface area contributed by atoms with Crippen LogP contribution in [0.4, 0.5) is 0 Å². The lowest BCUT2D eigenvalue weighted by Crippen LogP contribution is -2.46. The molecule has 0 saturated heterocycles. The van der Waals surface area contributed by atoms with Crippen LogP contribution in [0.1, 0.15) is 296 Å². The van der Waals surface area contributed by atoms with E-state index in [-0.39, 0.29) is 19.1 Å². The maximum Gasteiger partial charge on any atom is 0.268 e. The van der Waals surface area contributed by atoms with E-state index in [0.717, 1.165) is 38.5 Å². The fraction of sp³-hybridized carbons (Fsp3) is 0.947. The van der Waals surface area contributed by atoms with Gasteiger partial charge in [0.15, 0.2) is 0 Å². The van der Waals surface area contributed by atoms with Crippen molar-refractivity contribution in [2.45, 2.75) is 309 Å². The highest BCUT2D eigenvalue weighted by Gasteiger charge is 2.24. The summed E-state index contributed by atoms with van der Waals surface area (Å²) in [6.07, 6.45) is 59.6. The van der Waals surface area contributed by atoms with Crippen molar-refractivity contribution < 1.29 is 32.9 Å². The van der Waals surface area contributed by atoms with Crippen LogP contribution in [0.25, 0.3) is 0 Å². The van der Waals surface area contributed by atoms with Gasteiger partial charge >= 0.3 is 0 Å². The van der Waals surface area contributed by atoms with Gasteiger partial charge in [-0.15, -0.1) is 0 Å². The maximum absolute atomic E-state index is 13.0. The van der Waals surface area contributed by atoms with Gasteiger partial charge in [0.2, 0.25) is 5.91 Å². The first-order valence-corrected chi connectivity index (χ1v) is 30.5. The Morgan fingerprint density at radius 2 is 0.833 bits per heavy atom. The highest BCUT2D eigenvalue weighted by Crippen LogP contribution is 2.38. The van der Waals surface area contributed by atoms with Gasteiger partial charge in [0.25, 0.3) is 7.82 Å². The summed E-state index contributed by atoms with van der Waals surface area (Å²) in [5.41, 5.74) is 0. The molecule has 0 bridgehead atoms. The quantitative estimate of drug-likeness (QED) is 0.0272. The molecular weight excluding hydrogens is 840 g/mol. The van der Waals surface area contributed by atoms with Crippen molar-refractivity contribution in [3.63, 3.8) is 0 Å². The van der Waals surface area contributed by atoms with Gasteiger partial charge in [-0.05, 0) is 38.5 Å². The number of allylic oxidation sites excluding steroid dienone is 2. The zero-order valence-electron chi connectivity index (χ0n) is 44.9. The van der Waals surface area contributed by atoms with Crippen molar-refractivity contribution in [2.24, 2.45) is 0 Å². The van der Waals surface area contributed by atoms with Gasteiger partial charge in [0.1, 0.15) is 13.2 Å². The Balaban J connectivity index is 4.04. The highest BCUT2D eigenvalue weighted by atomic mass is 31.2. The second-order valence-electron chi connectivity index (χ2n) is 21.4. The number of hydrogen-bond acceptors (Lipinski definition) is 6. The SMILES string of the molecule is CCCCCCCCCC/C=C\CCCCCCCCCCCCCCCCCCCC(=O)NC(COP(=O)([O-])OCC[N+](C)(C)C)C(O)CCCCCCCCCCCCCCCCC. The van der Waals surface area contributed by atoms with Gasteiger partial charge in [-0.3, -0.25) is 9.36 Å². The number of amides is 1. The van der Waals surface area contributed by atoms with Gasteiger partial charge in [0, 0.05) is 6.42 Å². The van der Waals surface area contributed by atoms with Crippen LogP contribution in [0, 0.1) is 0 Å². The van der Waals surface area contributed by atoms with Crippen LogP contribution in [-0.4, -0.2) is 68.5 Å². The number of likely N-dealkylation sites (N-methyl/N-ethyl adjacent to an activating group) is 1. The van der Waals surface area contributed by atoms with Crippen LogP contribution in [-0.2, 0) is 18.4 Å². The molecule has 0 heterocycles. The molecule has 9 heteroatoms. The molecule has 2 N–H and O–H groups in total. The second kappa shape index (κ2) is 49.2. The van der Waals surface area contributed by atoms with Crippen molar-refractivity contribution in [3.05, 3.63) is 12.2 Å². The van der Waals surface area contributed by atoms with Gasteiger partial charge in [-0.25, -0.2) is 0 Å². The minimum atomic E-state index is -4.57. The van der Waals surface area contributed by atoms with Crippen LogP contribution in [0.2, 0.25) is 0 Å². The van der Waals surface area contributed by atoms with Crippen LogP contribution in [0.5, 0.6) is 0 Å². The van der Waals surface area contributed by atoms with E-state index < -0.39 is 20.0 Å². The lowest BCUT2D eigenvalue weighted by molar-refractivity contribution is -0.870. The maximum atomic E-state index is 13.0. The Bertz CT molecular complexity index is 1080. The number of carbonyl (C=O) groups excluding carboxylic acids is 1. The van der Waals surface area contributed by atoms with E-state index in [4.69, 9.17) is 9.05 Å². The van der Waals surface area contributed by atoms with E-state index >= 15 is 0 Å². The summed E-state index contributed by atoms with van der Waals surface area (Å²) in [4.78, 5) is 25.5. The first-order chi connectivity index (χ1) is 32.0. The van der Waals surface area contributed by atoms with Crippen molar-refractivity contribution in [2.75, 3.05) is 40.9 Å². The van der Waals surface area contributed by atoms with Gasteiger partial charge in [0.05, 0.1) is 39.9 Å². The molecule has 0 radical (unpaired) electrons. The molecule has 0 saturated carbocycles. The molecule has 0 spiro atoms. The highest BCUT2D eigenvalue weighted by molar-refractivity contribution is 7.45. The number of rotatable bonds is 54. The molecule has 0 aliphatic heterocycles. The number of nitrogens with one attached hydrogen (secondary N) is 1. The smallest absolute Gasteiger partial charge is 0.268 e. The standard InChI is InChI=1S/C57H115N2O6P/c1-6-8-10-12-14-16-18-20-22-23-24-25-26-27-28-29-30-31-32-33-34-35-37-39-41-43-45-47-49-51-57(61)58-55(54-65-66(62,63)64-53-52-59(3,4)5)56(60)50-48-46-44-42-40-38-36-21-19-17-15-13-11-9-7-2/h23-24,55-56,60H,6-22,25-54H2,1-5H3,(H-,58,61,62,63)/b24-23-. The number of nitrogens with zero attached hydrogens (tertiary/aromatic N) is 1. The van der Waals surface area contributed by atoms with E-state index in [2.05, 4.69) is 31.3 Å². The number of aliphatic hydroxyl groups excluding tert-OH is 1. The third-order valence-electron chi connectivity index (χ3n) is 13.5. The summed E-state index contributed by atoms with van der Waals surface area (Å²) in [7, 11) is 1.32. The lowest BCUT2D eigenvalue weighted by Gasteiger charge is -2.30. The van der Waals surface area contributed by atoms with E-state index in [1.54, 1.807) is 0 Å². The Morgan fingerprint density at radius 1 is 0.515 bits per heavy atom. The molecule has 0 aromatic rings. The molecule has 3 atom stereocenters. The number of hydrogen-bond donors (Lipinski definition) is 2. The third kappa shape index (κ3) is 51.1. The topological polar surface area (TPSA) is 108 Å². The summed E-state index contributed by atoms with van der Waals surface area (Å²) in [6, 6.07) is -0.796. The van der Waals surface area contributed by atoms with Crippen molar-refractivity contribution in [1.29, 1.82) is 0 Å². The number of carbonyl (C=O) groups is 1. The van der Waals surface area contributed by atoms with Crippen molar-refractivity contribution >= 4 is 13.7 Å². The van der Waals surface area contributed by atoms with Gasteiger partial charge in [-0.1, -0.05) is 264 Å². The van der Waals surface area contributed by atoms with Crippen LogP contribution >= 0.6 is 7.82 Å². The molecule has 394 valence electrons.